The maximum atomic E-state index is 12.7. The molecule has 2 amide bonds. The van der Waals surface area contributed by atoms with Crippen molar-refractivity contribution in [3.63, 3.8) is 0 Å². The second kappa shape index (κ2) is 10.1. The van der Waals surface area contributed by atoms with Crippen molar-refractivity contribution in [2.45, 2.75) is 12.8 Å². The fourth-order valence-corrected chi connectivity index (χ4v) is 4.74. The van der Waals surface area contributed by atoms with Crippen LogP contribution < -0.4 is 10.6 Å². The lowest BCUT2D eigenvalue weighted by molar-refractivity contribution is -0.115. The highest BCUT2D eigenvalue weighted by molar-refractivity contribution is 7.20. The second-order valence-corrected chi connectivity index (χ2v) is 8.69. The number of amides is 2. The summed E-state index contributed by atoms with van der Waals surface area (Å²) in [6, 6.07) is 21.0. The van der Waals surface area contributed by atoms with E-state index in [9.17, 15) is 9.59 Å². The van der Waals surface area contributed by atoms with Gasteiger partial charge in [-0.25, -0.2) is 4.98 Å². The van der Waals surface area contributed by atoms with Crippen LogP contribution in [0.15, 0.2) is 77.5 Å². The van der Waals surface area contributed by atoms with Crippen molar-refractivity contribution in [3.8, 4) is 9.88 Å². The van der Waals surface area contributed by atoms with E-state index >= 15 is 0 Å². The summed E-state index contributed by atoms with van der Waals surface area (Å²) in [6.45, 7) is 0.523. The Bertz CT molecular complexity index is 1150. The molecule has 0 saturated carbocycles. The lowest BCUT2D eigenvalue weighted by atomic mass is 10.1. The number of thiophene rings is 1. The van der Waals surface area contributed by atoms with E-state index in [0.717, 1.165) is 27.6 Å². The van der Waals surface area contributed by atoms with Gasteiger partial charge in [-0.05, 0) is 35.6 Å². The maximum absolute atomic E-state index is 12.7. The van der Waals surface area contributed by atoms with Crippen LogP contribution >= 0.6 is 22.7 Å². The van der Waals surface area contributed by atoms with Crippen LogP contribution in [0.2, 0.25) is 0 Å². The first-order chi connectivity index (χ1) is 15.2. The van der Waals surface area contributed by atoms with Crippen LogP contribution in [0.3, 0.4) is 0 Å². The molecule has 0 aliphatic carbocycles. The number of carbonyl (C=O) groups excluding carboxylic acids is 2. The number of para-hydroxylation sites is 1. The molecule has 2 aromatic carbocycles. The minimum Gasteiger partial charge on any atom is -0.352 e. The summed E-state index contributed by atoms with van der Waals surface area (Å²) in [6.07, 6.45) is 0.906. The molecule has 0 saturated heterocycles. The molecule has 0 unspecified atom stereocenters. The fourth-order valence-electron chi connectivity index (χ4n) is 3.11. The van der Waals surface area contributed by atoms with E-state index in [-0.39, 0.29) is 18.2 Å². The largest absolute Gasteiger partial charge is 0.352 e. The number of nitrogens with zero attached hydrogens (tertiary/aromatic N) is 1. The Labute approximate surface area is 188 Å². The highest BCUT2D eigenvalue weighted by Gasteiger charge is 2.14. The molecule has 0 bridgehead atoms. The van der Waals surface area contributed by atoms with Crippen LogP contribution in [0.4, 0.5) is 5.69 Å². The molecule has 0 spiro atoms. The fraction of sp³-hybridized carbons (Fsp3) is 0.125. The molecule has 0 radical (unpaired) electrons. The third-order valence-corrected chi connectivity index (χ3v) is 6.54. The minimum absolute atomic E-state index is 0.159. The highest BCUT2D eigenvalue weighted by Crippen LogP contribution is 2.28. The van der Waals surface area contributed by atoms with Crippen molar-refractivity contribution in [2.24, 2.45) is 0 Å². The molecule has 0 aliphatic heterocycles. The zero-order chi connectivity index (χ0) is 21.5. The first-order valence-electron chi connectivity index (χ1n) is 9.88. The lowest BCUT2D eigenvalue weighted by Crippen LogP contribution is -2.27. The number of benzene rings is 2. The first-order valence-corrected chi connectivity index (χ1v) is 11.6. The third kappa shape index (κ3) is 5.65. The van der Waals surface area contributed by atoms with Gasteiger partial charge in [0.1, 0.15) is 5.01 Å². The van der Waals surface area contributed by atoms with Crippen molar-refractivity contribution in [3.05, 3.63) is 94.3 Å². The van der Waals surface area contributed by atoms with Gasteiger partial charge in [-0.2, -0.15) is 0 Å². The van der Waals surface area contributed by atoms with E-state index in [4.69, 9.17) is 0 Å². The topological polar surface area (TPSA) is 71.1 Å². The average Bonchev–Trinajstić information content (AvgIpc) is 3.47. The SMILES string of the molecule is O=C(Cc1csc(-c2cccs2)n1)Nc1ccccc1C(=O)NCCc1ccccc1. The molecule has 7 heteroatoms. The molecule has 2 aromatic heterocycles. The third-order valence-electron chi connectivity index (χ3n) is 4.61. The van der Waals surface area contributed by atoms with Gasteiger partial charge in [0.15, 0.2) is 0 Å². The quantitative estimate of drug-likeness (QED) is 0.398. The van der Waals surface area contributed by atoms with E-state index in [1.807, 2.05) is 53.2 Å². The molecule has 0 fully saturated rings. The Morgan fingerprint density at radius 1 is 0.903 bits per heavy atom. The number of aromatic nitrogens is 1. The monoisotopic (exact) mass is 447 g/mol. The molecular weight excluding hydrogens is 426 g/mol. The predicted octanol–water partition coefficient (Wildman–Crippen LogP) is 5.03. The van der Waals surface area contributed by atoms with E-state index in [2.05, 4.69) is 15.6 Å². The van der Waals surface area contributed by atoms with Gasteiger partial charge in [0.05, 0.1) is 28.2 Å². The van der Waals surface area contributed by atoms with Gasteiger partial charge in [-0.3, -0.25) is 9.59 Å². The molecule has 2 N–H and O–H groups in total. The van der Waals surface area contributed by atoms with E-state index in [1.165, 1.54) is 11.3 Å². The Balaban J connectivity index is 1.35. The summed E-state index contributed by atoms with van der Waals surface area (Å²) >= 11 is 3.15. The molecule has 4 aromatic rings. The van der Waals surface area contributed by atoms with Gasteiger partial charge >= 0.3 is 0 Å². The second-order valence-electron chi connectivity index (χ2n) is 6.88. The molecule has 156 valence electrons. The lowest BCUT2D eigenvalue weighted by Gasteiger charge is -2.11. The van der Waals surface area contributed by atoms with E-state index < -0.39 is 0 Å². The Morgan fingerprint density at radius 3 is 2.52 bits per heavy atom. The number of thiazole rings is 1. The normalized spacial score (nSPS) is 10.6. The van der Waals surface area contributed by atoms with Gasteiger partial charge < -0.3 is 10.6 Å². The predicted molar refractivity (Wildman–Crippen MR) is 127 cm³/mol. The standard InChI is InChI=1S/C24H21N3O2S2/c28-22(15-18-16-31-24(26-18)21-11-6-14-30-21)27-20-10-5-4-9-19(20)23(29)25-13-12-17-7-2-1-3-8-17/h1-11,14,16H,12-13,15H2,(H,25,29)(H,27,28). The summed E-state index contributed by atoms with van der Waals surface area (Å²) in [4.78, 5) is 30.9. The molecule has 5 nitrogen and oxygen atoms in total. The van der Waals surface area contributed by atoms with Gasteiger partial charge in [-0.15, -0.1) is 22.7 Å². The van der Waals surface area contributed by atoms with Crippen molar-refractivity contribution in [1.82, 2.24) is 10.3 Å². The zero-order valence-electron chi connectivity index (χ0n) is 16.7. The summed E-state index contributed by atoms with van der Waals surface area (Å²) < 4.78 is 0. The van der Waals surface area contributed by atoms with Crippen LogP contribution in [0.1, 0.15) is 21.6 Å². The average molecular weight is 448 g/mol. The zero-order valence-corrected chi connectivity index (χ0v) is 18.3. The van der Waals surface area contributed by atoms with E-state index in [1.54, 1.807) is 35.6 Å². The van der Waals surface area contributed by atoms with Gasteiger partial charge in [0.2, 0.25) is 5.91 Å². The van der Waals surface area contributed by atoms with Crippen molar-refractivity contribution in [1.29, 1.82) is 0 Å². The van der Waals surface area contributed by atoms with Crippen molar-refractivity contribution < 1.29 is 9.59 Å². The Hall–Kier alpha value is -3.29. The van der Waals surface area contributed by atoms with E-state index in [0.29, 0.717) is 17.8 Å². The molecule has 31 heavy (non-hydrogen) atoms. The smallest absolute Gasteiger partial charge is 0.253 e. The van der Waals surface area contributed by atoms with Gasteiger partial charge in [0, 0.05) is 11.9 Å². The van der Waals surface area contributed by atoms with Crippen LogP contribution in [0.25, 0.3) is 9.88 Å². The number of anilines is 1. The van der Waals surface area contributed by atoms with Gasteiger partial charge in [0.25, 0.3) is 5.91 Å². The summed E-state index contributed by atoms with van der Waals surface area (Å²) in [5.41, 5.74) is 2.82. The Kier molecular flexibility index (Phi) is 6.86. The van der Waals surface area contributed by atoms with Crippen LogP contribution in [0, 0.1) is 0 Å². The number of rotatable bonds is 8. The number of hydrogen-bond donors (Lipinski definition) is 2. The van der Waals surface area contributed by atoms with Gasteiger partial charge in [-0.1, -0.05) is 48.5 Å². The maximum Gasteiger partial charge on any atom is 0.253 e. The highest BCUT2D eigenvalue weighted by atomic mass is 32.1. The number of carbonyl (C=O) groups is 2. The molecule has 4 rings (SSSR count). The molecule has 0 atom stereocenters. The number of nitrogens with one attached hydrogen (secondary N) is 2. The summed E-state index contributed by atoms with van der Waals surface area (Å²) in [5, 5.41) is 10.6. The van der Waals surface area contributed by atoms with Crippen LogP contribution in [-0.4, -0.2) is 23.3 Å². The van der Waals surface area contributed by atoms with Crippen molar-refractivity contribution >= 4 is 40.2 Å². The summed E-state index contributed by atoms with van der Waals surface area (Å²) in [7, 11) is 0. The summed E-state index contributed by atoms with van der Waals surface area (Å²) in [5.74, 6) is -0.409. The molecule has 2 heterocycles. The number of hydrogen-bond acceptors (Lipinski definition) is 5. The molecular formula is C24H21N3O2S2. The first kappa shape index (κ1) is 21.0. The Morgan fingerprint density at radius 2 is 1.71 bits per heavy atom. The molecule has 0 aliphatic rings. The van der Waals surface area contributed by atoms with Crippen LogP contribution in [-0.2, 0) is 17.6 Å². The van der Waals surface area contributed by atoms with Crippen LogP contribution in [0.5, 0.6) is 0 Å². The van der Waals surface area contributed by atoms with Crippen molar-refractivity contribution in [2.75, 3.05) is 11.9 Å². The minimum atomic E-state index is -0.208.